The summed E-state index contributed by atoms with van der Waals surface area (Å²) in [7, 11) is -5.57. The van der Waals surface area contributed by atoms with Crippen LogP contribution in [0.4, 0.5) is 17.1 Å². The number of rotatable bonds is 5. The SMILES string of the molecule is Cc1cc(N2C(=O)[C@H](C)CS2(=O)=O)ccc1S(=O)(=O)Nc1ccc(N2CCN(C)CC2)cc1. The number of aryl methyl sites for hydroxylation is 1. The van der Waals surface area contributed by atoms with Crippen LogP contribution in [-0.4, -0.2) is 66.6 Å². The lowest BCUT2D eigenvalue weighted by atomic mass is 10.2. The molecule has 2 aliphatic rings. The number of nitrogens with one attached hydrogen (secondary N) is 1. The highest BCUT2D eigenvalue weighted by atomic mass is 32.2. The Morgan fingerprint density at radius 2 is 1.58 bits per heavy atom. The Hall–Kier alpha value is -2.63. The summed E-state index contributed by atoms with van der Waals surface area (Å²) in [5.41, 5.74) is 1.97. The number of benzene rings is 2. The molecule has 0 radical (unpaired) electrons. The number of hydrogen-bond acceptors (Lipinski definition) is 7. The van der Waals surface area contributed by atoms with Gasteiger partial charge in [-0.15, -0.1) is 0 Å². The zero-order chi connectivity index (χ0) is 24.0. The van der Waals surface area contributed by atoms with Crippen molar-refractivity contribution >= 4 is 43.0 Å². The summed E-state index contributed by atoms with van der Waals surface area (Å²) in [5.74, 6) is -1.39. The van der Waals surface area contributed by atoms with Crippen LogP contribution in [0.1, 0.15) is 12.5 Å². The second-order valence-corrected chi connectivity index (χ2v) is 12.2. The average Bonchev–Trinajstić information content (AvgIpc) is 2.95. The molecule has 0 saturated carbocycles. The summed E-state index contributed by atoms with van der Waals surface area (Å²) in [6.45, 7) is 6.93. The number of carbonyl (C=O) groups is 1. The predicted molar refractivity (Wildman–Crippen MR) is 129 cm³/mol. The largest absolute Gasteiger partial charge is 0.369 e. The van der Waals surface area contributed by atoms with Gasteiger partial charge in [0, 0.05) is 37.6 Å². The molecule has 2 saturated heterocycles. The van der Waals surface area contributed by atoms with E-state index in [0.717, 1.165) is 36.2 Å². The number of hydrogen-bond donors (Lipinski definition) is 1. The molecule has 0 unspecified atom stereocenters. The van der Waals surface area contributed by atoms with Crippen LogP contribution in [-0.2, 0) is 24.8 Å². The van der Waals surface area contributed by atoms with E-state index in [1.807, 2.05) is 12.1 Å². The van der Waals surface area contributed by atoms with Crippen molar-refractivity contribution in [3.05, 3.63) is 48.0 Å². The summed E-state index contributed by atoms with van der Waals surface area (Å²) in [6.07, 6.45) is 0. The number of anilines is 3. The number of piperazine rings is 1. The van der Waals surface area contributed by atoms with E-state index < -0.39 is 31.9 Å². The summed E-state index contributed by atoms with van der Waals surface area (Å²) in [6, 6.07) is 11.3. The van der Waals surface area contributed by atoms with Crippen molar-refractivity contribution < 1.29 is 21.6 Å². The molecule has 1 atom stereocenters. The Bertz CT molecular complexity index is 1270. The lowest BCUT2D eigenvalue weighted by molar-refractivity contribution is -0.119. The highest BCUT2D eigenvalue weighted by Crippen LogP contribution is 2.31. The molecule has 33 heavy (non-hydrogen) atoms. The fraction of sp³-hybridized carbons (Fsp3) is 0.409. The molecule has 1 amide bonds. The predicted octanol–water partition coefficient (Wildman–Crippen LogP) is 1.86. The second kappa shape index (κ2) is 8.62. The molecular weight excluding hydrogens is 464 g/mol. The van der Waals surface area contributed by atoms with Crippen molar-refractivity contribution in [2.24, 2.45) is 5.92 Å². The van der Waals surface area contributed by atoms with Gasteiger partial charge in [0.1, 0.15) is 0 Å². The zero-order valence-corrected chi connectivity index (χ0v) is 20.5. The molecule has 2 aromatic rings. The maximum atomic E-state index is 13.0. The Labute approximate surface area is 195 Å². The smallest absolute Gasteiger partial charge is 0.262 e. The van der Waals surface area contributed by atoms with Crippen molar-refractivity contribution in [1.29, 1.82) is 0 Å². The quantitative estimate of drug-likeness (QED) is 0.679. The third kappa shape index (κ3) is 4.71. The van der Waals surface area contributed by atoms with Crippen LogP contribution >= 0.6 is 0 Å². The van der Waals surface area contributed by atoms with E-state index in [1.54, 1.807) is 26.0 Å². The van der Waals surface area contributed by atoms with E-state index in [0.29, 0.717) is 11.3 Å². The summed E-state index contributed by atoms with van der Waals surface area (Å²) in [5, 5.41) is 0. The van der Waals surface area contributed by atoms with Crippen molar-refractivity contribution in [1.82, 2.24) is 4.90 Å². The van der Waals surface area contributed by atoms with E-state index in [9.17, 15) is 21.6 Å². The fourth-order valence-corrected chi connectivity index (χ4v) is 7.26. The normalized spacial score (nSPS) is 21.4. The van der Waals surface area contributed by atoms with Crippen LogP contribution in [0.25, 0.3) is 0 Å². The van der Waals surface area contributed by atoms with Gasteiger partial charge in [-0.05, 0) is 62.0 Å². The molecule has 0 aromatic heterocycles. The van der Waals surface area contributed by atoms with Gasteiger partial charge in [-0.25, -0.2) is 21.1 Å². The van der Waals surface area contributed by atoms with E-state index in [-0.39, 0.29) is 16.3 Å². The minimum Gasteiger partial charge on any atom is -0.369 e. The molecule has 0 bridgehead atoms. The molecule has 2 fully saturated rings. The third-order valence-electron chi connectivity index (χ3n) is 6.03. The molecule has 0 spiro atoms. The first-order valence-corrected chi connectivity index (χ1v) is 13.8. The number of sulfonamides is 2. The highest BCUT2D eigenvalue weighted by molar-refractivity contribution is 7.94. The maximum absolute atomic E-state index is 13.0. The molecule has 2 aromatic carbocycles. The van der Waals surface area contributed by atoms with Gasteiger partial charge in [-0.2, -0.15) is 0 Å². The van der Waals surface area contributed by atoms with Gasteiger partial charge in [0.05, 0.1) is 22.3 Å². The van der Waals surface area contributed by atoms with Gasteiger partial charge in [0.2, 0.25) is 15.9 Å². The first kappa shape index (κ1) is 23.5. The molecule has 0 aliphatic carbocycles. The number of likely N-dealkylation sites (N-methyl/N-ethyl adjacent to an activating group) is 1. The molecule has 4 rings (SSSR count). The summed E-state index contributed by atoms with van der Waals surface area (Å²) >= 11 is 0. The number of nitrogens with zero attached hydrogens (tertiary/aromatic N) is 3. The van der Waals surface area contributed by atoms with Gasteiger partial charge in [0.25, 0.3) is 10.0 Å². The van der Waals surface area contributed by atoms with Crippen molar-refractivity contribution in [3.63, 3.8) is 0 Å². The Morgan fingerprint density at radius 1 is 0.970 bits per heavy atom. The first-order valence-electron chi connectivity index (χ1n) is 10.7. The first-order chi connectivity index (χ1) is 15.5. The van der Waals surface area contributed by atoms with Crippen LogP contribution < -0.4 is 13.9 Å². The Balaban J connectivity index is 1.52. The van der Waals surface area contributed by atoms with Crippen molar-refractivity contribution in [3.8, 4) is 0 Å². The number of carbonyl (C=O) groups excluding carboxylic acids is 1. The van der Waals surface area contributed by atoms with E-state index in [1.165, 1.54) is 18.2 Å². The molecule has 1 N–H and O–H groups in total. The van der Waals surface area contributed by atoms with E-state index in [4.69, 9.17) is 0 Å². The van der Waals surface area contributed by atoms with Crippen LogP contribution in [0.2, 0.25) is 0 Å². The minimum atomic E-state index is -3.91. The van der Waals surface area contributed by atoms with E-state index in [2.05, 4.69) is 21.6 Å². The summed E-state index contributed by atoms with van der Waals surface area (Å²) in [4.78, 5) is 16.9. The standard InChI is InChI=1S/C22H28N4O5S2/c1-16-14-20(26-22(27)17(2)15-32(26,28)29)8-9-21(16)33(30,31)23-18-4-6-19(7-5-18)25-12-10-24(3)11-13-25/h4-9,14,17,23H,10-13,15H2,1-3H3/t17-/m1/s1. The van der Waals surface area contributed by atoms with Crippen LogP contribution in [0.15, 0.2) is 47.4 Å². The Morgan fingerprint density at radius 3 is 2.12 bits per heavy atom. The lowest BCUT2D eigenvalue weighted by Crippen LogP contribution is -2.44. The van der Waals surface area contributed by atoms with Crippen LogP contribution in [0, 0.1) is 12.8 Å². The Kier molecular flexibility index (Phi) is 6.14. The van der Waals surface area contributed by atoms with Crippen molar-refractivity contribution in [2.75, 3.05) is 52.9 Å². The van der Waals surface area contributed by atoms with Gasteiger partial charge in [0.15, 0.2) is 0 Å². The van der Waals surface area contributed by atoms with Gasteiger partial charge in [-0.1, -0.05) is 6.92 Å². The topological polar surface area (TPSA) is 107 Å². The molecule has 9 nitrogen and oxygen atoms in total. The molecular formula is C22H28N4O5S2. The van der Waals surface area contributed by atoms with Gasteiger partial charge >= 0.3 is 0 Å². The van der Waals surface area contributed by atoms with Gasteiger partial charge in [-0.3, -0.25) is 9.52 Å². The maximum Gasteiger partial charge on any atom is 0.262 e. The molecule has 2 heterocycles. The molecule has 178 valence electrons. The van der Waals surface area contributed by atoms with Crippen LogP contribution in [0.3, 0.4) is 0 Å². The molecule has 2 aliphatic heterocycles. The van der Waals surface area contributed by atoms with Gasteiger partial charge < -0.3 is 9.80 Å². The summed E-state index contributed by atoms with van der Waals surface area (Å²) < 4.78 is 54.0. The highest BCUT2D eigenvalue weighted by Gasteiger charge is 2.42. The zero-order valence-electron chi connectivity index (χ0n) is 18.9. The average molecular weight is 493 g/mol. The van der Waals surface area contributed by atoms with E-state index >= 15 is 0 Å². The monoisotopic (exact) mass is 492 g/mol. The van der Waals surface area contributed by atoms with Crippen molar-refractivity contribution in [2.45, 2.75) is 18.7 Å². The molecule has 11 heteroatoms. The number of amides is 1. The lowest BCUT2D eigenvalue weighted by Gasteiger charge is -2.34. The van der Waals surface area contributed by atoms with Crippen LogP contribution in [0.5, 0.6) is 0 Å². The minimum absolute atomic E-state index is 0.0199. The second-order valence-electron chi connectivity index (χ2n) is 8.67. The third-order valence-corrected chi connectivity index (χ3v) is 9.44. The fourth-order valence-electron chi connectivity index (χ4n) is 4.16.